The van der Waals surface area contributed by atoms with E-state index in [9.17, 15) is 4.79 Å². The van der Waals surface area contributed by atoms with Crippen LogP contribution in [0.5, 0.6) is 0 Å². The van der Waals surface area contributed by atoms with E-state index in [1.54, 1.807) is 4.68 Å². The maximum atomic E-state index is 11.1. The van der Waals surface area contributed by atoms with Crippen molar-refractivity contribution in [3.63, 3.8) is 0 Å². The summed E-state index contributed by atoms with van der Waals surface area (Å²) in [6, 6.07) is 3.94. The second-order valence-corrected chi connectivity index (χ2v) is 6.57. The van der Waals surface area contributed by atoms with E-state index in [0.29, 0.717) is 11.7 Å². The van der Waals surface area contributed by atoms with Crippen molar-refractivity contribution in [2.75, 3.05) is 0 Å². The quantitative estimate of drug-likeness (QED) is 0.853. The summed E-state index contributed by atoms with van der Waals surface area (Å²) in [5, 5.41) is 13.2. The van der Waals surface area contributed by atoms with Crippen LogP contribution in [-0.4, -0.2) is 25.8 Å². The SMILES string of the molecule is Cc1cc(Br)c(-n2nc(C(=O)O)nc2C2CC2)c(Br)c1. The molecule has 0 unspecified atom stereocenters. The number of carbonyl (C=O) groups is 1. The van der Waals surface area contributed by atoms with Crippen molar-refractivity contribution < 1.29 is 9.90 Å². The number of carboxylic acids is 1. The molecule has 104 valence electrons. The van der Waals surface area contributed by atoms with E-state index in [2.05, 4.69) is 41.9 Å². The van der Waals surface area contributed by atoms with E-state index >= 15 is 0 Å². The van der Waals surface area contributed by atoms with Gasteiger partial charge in [0.25, 0.3) is 5.82 Å². The van der Waals surface area contributed by atoms with E-state index in [0.717, 1.165) is 33.0 Å². The van der Waals surface area contributed by atoms with E-state index in [4.69, 9.17) is 5.11 Å². The predicted molar refractivity (Wildman–Crippen MR) is 80.4 cm³/mol. The molecule has 0 radical (unpaired) electrons. The van der Waals surface area contributed by atoms with Crippen LogP contribution in [0.2, 0.25) is 0 Å². The van der Waals surface area contributed by atoms with Crippen molar-refractivity contribution in [1.29, 1.82) is 0 Å². The fraction of sp³-hybridized carbons (Fsp3) is 0.308. The summed E-state index contributed by atoms with van der Waals surface area (Å²) in [4.78, 5) is 15.3. The molecule has 1 aliphatic carbocycles. The minimum absolute atomic E-state index is 0.161. The van der Waals surface area contributed by atoms with Gasteiger partial charge in [0.15, 0.2) is 0 Å². The highest BCUT2D eigenvalue weighted by Crippen LogP contribution is 2.41. The van der Waals surface area contributed by atoms with E-state index < -0.39 is 5.97 Å². The van der Waals surface area contributed by atoms with Gasteiger partial charge in [-0.2, -0.15) is 0 Å². The molecule has 1 fully saturated rings. The zero-order valence-corrected chi connectivity index (χ0v) is 13.8. The smallest absolute Gasteiger partial charge is 0.375 e. The van der Waals surface area contributed by atoms with Crippen molar-refractivity contribution >= 4 is 37.8 Å². The number of aromatic nitrogens is 3. The van der Waals surface area contributed by atoms with Crippen LogP contribution in [-0.2, 0) is 0 Å². The van der Waals surface area contributed by atoms with E-state index in [1.807, 2.05) is 19.1 Å². The first-order valence-corrected chi connectivity index (χ1v) is 7.72. The van der Waals surface area contributed by atoms with Crippen LogP contribution in [0.4, 0.5) is 0 Å². The van der Waals surface area contributed by atoms with Crippen molar-refractivity contribution in [3.05, 3.63) is 38.3 Å². The van der Waals surface area contributed by atoms with Crippen LogP contribution in [0.15, 0.2) is 21.1 Å². The number of halogens is 2. The molecule has 20 heavy (non-hydrogen) atoms. The molecule has 0 amide bonds. The lowest BCUT2D eigenvalue weighted by atomic mass is 10.2. The van der Waals surface area contributed by atoms with Gasteiger partial charge in [-0.15, -0.1) is 5.10 Å². The Morgan fingerprint density at radius 1 is 1.35 bits per heavy atom. The van der Waals surface area contributed by atoms with Gasteiger partial charge in [0.2, 0.25) is 0 Å². The summed E-state index contributed by atoms with van der Waals surface area (Å²) in [5.41, 5.74) is 1.89. The number of hydrogen-bond donors (Lipinski definition) is 1. The molecule has 1 aliphatic rings. The van der Waals surface area contributed by atoms with Gasteiger partial charge < -0.3 is 5.11 Å². The molecule has 0 spiro atoms. The van der Waals surface area contributed by atoms with Gasteiger partial charge in [0, 0.05) is 14.9 Å². The Morgan fingerprint density at radius 2 is 1.95 bits per heavy atom. The summed E-state index contributed by atoms with van der Waals surface area (Å²) in [7, 11) is 0. The third-order valence-electron chi connectivity index (χ3n) is 3.14. The highest BCUT2D eigenvalue weighted by Gasteiger charge is 2.32. The minimum Gasteiger partial charge on any atom is -0.475 e. The number of nitrogens with zero attached hydrogens (tertiary/aromatic N) is 3. The summed E-state index contributed by atoms with van der Waals surface area (Å²) in [6.45, 7) is 1.99. The first kappa shape index (κ1) is 13.8. The topological polar surface area (TPSA) is 68.0 Å². The number of carboxylic acid groups (broad SMARTS) is 1. The number of aryl methyl sites for hydroxylation is 1. The maximum absolute atomic E-state index is 11.1. The molecule has 5 nitrogen and oxygen atoms in total. The average Bonchev–Trinajstić information content (AvgIpc) is 3.09. The number of rotatable bonds is 3. The molecule has 0 saturated heterocycles. The standard InChI is InChI=1S/C13H11Br2N3O2/c1-6-4-8(14)10(9(15)5-6)18-12(7-2-3-7)16-11(17-18)13(19)20/h4-5,7H,2-3H2,1H3,(H,19,20). The van der Waals surface area contributed by atoms with Gasteiger partial charge in [0.1, 0.15) is 5.82 Å². The Kier molecular flexibility index (Phi) is 3.41. The Hall–Kier alpha value is -1.21. The monoisotopic (exact) mass is 399 g/mol. The largest absolute Gasteiger partial charge is 0.475 e. The van der Waals surface area contributed by atoms with Crippen LogP contribution in [0.25, 0.3) is 5.69 Å². The Labute approximate surface area is 132 Å². The molecular weight excluding hydrogens is 390 g/mol. The third kappa shape index (κ3) is 2.40. The van der Waals surface area contributed by atoms with Gasteiger partial charge in [0.05, 0.1) is 5.69 Å². The molecule has 1 aromatic heterocycles. The van der Waals surface area contributed by atoms with Crippen molar-refractivity contribution in [1.82, 2.24) is 14.8 Å². The molecule has 3 rings (SSSR count). The zero-order chi connectivity index (χ0) is 14.4. The van der Waals surface area contributed by atoms with E-state index in [-0.39, 0.29) is 5.82 Å². The minimum atomic E-state index is -1.11. The van der Waals surface area contributed by atoms with Gasteiger partial charge in [-0.05, 0) is 69.3 Å². The second-order valence-electron chi connectivity index (χ2n) is 4.86. The summed E-state index contributed by atoms with van der Waals surface area (Å²) < 4.78 is 3.34. The molecule has 0 atom stereocenters. The average molecular weight is 401 g/mol. The van der Waals surface area contributed by atoms with Gasteiger partial charge in [-0.25, -0.2) is 14.5 Å². The van der Waals surface area contributed by atoms with Gasteiger partial charge >= 0.3 is 5.97 Å². The molecule has 1 heterocycles. The zero-order valence-electron chi connectivity index (χ0n) is 10.6. The lowest BCUT2D eigenvalue weighted by Gasteiger charge is -2.10. The highest BCUT2D eigenvalue weighted by atomic mass is 79.9. The number of benzene rings is 1. The van der Waals surface area contributed by atoms with E-state index in [1.165, 1.54) is 0 Å². The normalized spacial score (nSPS) is 14.6. The maximum Gasteiger partial charge on any atom is 0.375 e. The second kappa shape index (κ2) is 4.96. The molecule has 0 aliphatic heterocycles. The van der Waals surface area contributed by atoms with Gasteiger partial charge in [-0.1, -0.05) is 0 Å². The van der Waals surface area contributed by atoms with Crippen LogP contribution in [0, 0.1) is 6.92 Å². The Morgan fingerprint density at radius 3 is 2.45 bits per heavy atom. The van der Waals surface area contributed by atoms with Crippen molar-refractivity contribution in [2.24, 2.45) is 0 Å². The molecular formula is C13H11Br2N3O2. The lowest BCUT2D eigenvalue weighted by molar-refractivity contribution is 0.0683. The van der Waals surface area contributed by atoms with Crippen LogP contribution < -0.4 is 0 Å². The first-order valence-electron chi connectivity index (χ1n) is 6.13. The van der Waals surface area contributed by atoms with Crippen LogP contribution in [0.3, 0.4) is 0 Å². The fourth-order valence-electron chi connectivity index (χ4n) is 2.08. The molecule has 7 heteroatoms. The molecule has 1 N–H and O–H groups in total. The van der Waals surface area contributed by atoms with Crippen LogP contribution in [0.1, 0.15) is 40.8 Å². The van der Waals surface area contributed by atoms with Crippen molar-refractivity contribution in [2.45, 2.75) is 25.7 Å². The molecule has 1 saturated carbocycles. The summed E-state index contributed by atoms with van der Waals surface area (Å²) >= 11 is 7.04. The number of hydrogen-bond acceptors (Lipinski definition) is 3. The first-order chi connectivity index (χ1) is 9.47. The predicted octanol–water partition coefficient (Wildman–Crippen LogP) is 3.68. The Balaban J connectivity index is 2.21. The Bertz CT molecular complexity index is 685. The highest BCUT2D eigenvalue weighted by molar-refractivity contribution is 9.11. The molecule has 0 bridgehead atoms. The summed E-state index contributed by atoms with van der Waals surface area (Å²) in [6.07, 6.45) is 2.05. The number of aromatic carboxylic acids is 1. The third-order valence-corrected chi connectivity index (χ3v) is 4.35. The molecule has 1 aromatic carbocycles. The van der Waals surface area contributed by atoms with Crippen LogP contribution >= 0.6 is 31.9 Å². The van der Waals surface area contributed by atoms with Crippen molar-refractivity contribution in [3.8, 4) is 5.69 Å². The van der Waals surface area contributed by atoms with Gasteiger partial charge in [-0.3, -0.25) is 0 Å². The summed E-state index contributed by atoms with van der Waals surface area (Å²) in [5.74, 6) is -0.250. The fourth-order valence-corrected chi connectivity index (χ4v) is 3.83. The lowest BCUT2D eigenvalue weighted by Crippen LogP contribution is -2.05. The molecule has 2 aromatic rings.